The van der Waals surface area contributed by atoms with Crippen LogP contribution in [0.4, 0.5) is 0 Å². The van der Waals surface area contributed by atoms with E-state index in [0.717, 1.165) is 54.6 Å². The molecular formula is C30H34N6O2. The topological polar surface area (TPSA) is 119 Å². The molecule has 8 heteroatoms. The van der Waals surface area contributed by atoms with Gasteiger partial charge in [0.1, 0.15) is 5.82 Å². The van der Waals surface area contributed by atoms with Gasteiger partial charge in [0.15, 0.2) is 0 Å². The van der Waals surface area contributed by atoms with Gasteiger partial charge in [-0.2, -0.15) is 5.10 Å². The van der Waals surface area contributed by atoms with Crippen LogP contribution in [0.3, 0.4) is 0 Å². The van der Waals surface area contributed by atoms with Crippen LogP contribution in [0.25, 0.3) is 28.2 Å². The lowest BCUT2D eigenvalue weighted by Crippen LogP contribution is -2.35. The van der Waals surface area contributed by atoms with Crippen LogP contribution >= 0.6 is 0 Å². The average Bonchev–Trinajstić information content (AvgIpc) is 3.62. The minimum atomic E-state index is -0.515. The van der Waals surface area contributed by atoms with Crippen molar-refractivity contribution in [1.82, 2.24) is 25.1 Å². The van der Waals surface area contributed by atoms with Gasteiger partial charge in [0.05, 0.1) is 17.5 Å². The molecule has 38 heavy (non-hydrogen) atoms. The quantitative estimate of drug-likeness (QED) is 0.254. The first-order valence-electron chi connectivity index (χ1n) is 13.5. The van der Waals surface area contributed by atoms with Crippen molar-refractivity contribution in [1.29, 1.82) is 0 Å². The Bertz CT molecular complexity index is 1370. The van der Waals surface area contributed by atoms with E-state index in [-0.39, 0.29) is 5.91 Å². The van der Waals surface area contributed by atoms with Gasteiger partial charge in [-0.15, -0.1) is 0 Å². The summed E-state index contributed by atoms with van der Waals surface area (Å²) in [5.41, 5.74) is 10.4. The Balaban J connectivity index is 1.40. The van der Waals surface area contributed by atoms with Crippen molar-refractivity contribution in [2.24, 2.45) is 5.73 Å². The molecule has 0 saturated heterocycles. The van der Waals surface area contributed by atoms with Crippen LogP contribution in [0.15, 0.2) is 67.1 Å². The molecule has 1 aliphatic carbocycles. The zero-order valence-electron chi connectivity index (χ0n) is 21.5. The average molecular weight is 511 g/mol. The van der Waals surface area contributed by atoms with Crippen LogP contribution in [0.2, 0.25) is 0 Å². The number of imidazole rings is 1. The Morgan fingerprint density at radius 1 is 1.03 bits per heavy atom. The molecule has 1 aliphatic rings. The number of carbonyl (C=O) groups excluding carboxylic acids is 2. The Hall–Kier alpha value is -4.20. The zero-order valence-corrected chi connectivity index (χ0v) is 21.5. The van der Waals surface area contributed by atoms with Crippen LogP contribution in [-0.4, -0.2) is 37.6 Å². The summed E-state index contributed by atoms with van der Waals surface area (Å²) in [6.07, 6.45) is 14.3. The van der Waals surface area contributed by atoms with Crippen LogP contribution in [-0.2, 0) is 11.2 Å². The fraction of sp³-hybridized carbons (Fsp3) is 0.333. The lowest BCUT2D eigenvalue weighted by molar-refractivity contribution is -0.122. The molecule has 0 radical (unpaired) electrons. The highest BCUT2D eigenvalue weighted by atomic mass is 16.2. The minimum Gasteiger partial charge on any atom is -0.366 e. The van der Waals surface area contributed by atoms with Gasteiger partial charge >= 0.3 is 0 Å². The second-order valence-electron chi connectivity index (χ2n) is 9.95. The highest BCUT2D eigenvalue weighted by Gasteiger charge is 2.22. The largest absolute Gasteiger partial charge is 0.366 e. The molecule has 2 aromatic carbocycles. The summed E-state index contributed by atoms with van der Waals surface area (Å²) in [5, 5.41) is 10.1. The lowest BCUT2D eigenvalue weighted by Gasteiger charge is -2.22. The van der Waals surface area contributed by atoms with Gasteiger partial charge in [0.25, 0.3) is 0 Å². The van der Waals surface area contributed by atoms with Crippen LogP contribution in [0.5, 0.6) is 0 Å². The fourth-order valence-corrected chi connectivity index (χ4v) is 5.29. The summed E-state index contributed by atoms with van der Waals surface area (Å²) < 4.78 is 2.01. The van der Waals surface area contributed by atoms with Crippen molar-refractivity contribution >= 4 is 11.8 Å². The first-order valence-corrected chi connectivity index (χ1v) is 13.5. The monoisotopic (exact) mass is 510 g/mol. The summed E-state index contributed by atoms with van der Waals surface area (Å²) in [4.78, 5) is 29.9. The van der Waals surface area contributed by atoms with E-state index in [0.29, 0.717) is 29.4 Å². The summed E-state index contributed by atoms with van der Waals surface area (Å²) in [6.45, 7) is 0. The Labute approximate surface area is 222 Å². The maximum atomic E-state index is 12.5. The number of nitrogens with two attached hydrogens (primary N) is 1. The number of hydrogen-bond acceptors (Lipinski definition) is 4. The van der Waals surface area contributed by atoms with E-state index in [1.54, 1.807) is 18.5 Å². The molecule has 4 N–H and O–H groups in total. The van der Waals surface area contributed by atoms with Crippen LogP contribution in [0.1, 0.15) is 67.4 Å². The van der Waals surface area contributed by atoms with E-state index >= 15 is 0 Å². The highest BCUT2D eigenvalue weighted by Crippen LogP contribution is 2.35. The number of carbonyl (C=O) groups is 2. The SMILES string of the molecule is NC(=O)c1cccc(-c2cn[nH]c2)c1-c1nc(CCCCC(=O)NC2CCCCC2)cn1-c1ccccc1. The van der Waals surface area contributed by atoms with E-state index in [1.165, 1.54) is 19.3 Å². The fourth-order valence-electron chi connectivity index (χ4n) is 5.29. The van der Waals surface area contributed by atoms with Gasteiger partial charge in [-0.25, -0.2) is 4.98 Å². The van der Waals surface area contributed by atoms with E-state index in [2.05, 4.69) is 15.5 Å². The summed E-state index contributed by atoms with van der Waals surface area (Å²) in [6, 6.07) is 15.8. The third-order valence-corrected chi connectivity index (χ3v) is 7.21. The summed E-state index contributed by atoms with van der Waals surface area (Å²) >= 11 is 0. The molecule has 2 aromatic heterocycles. The van der Waals surface area contributed by atoms with Crippen LogP contribution < -0.4 is 11.1 Å². The molecule has 0 unspecified atom stereocenters. The Morgan fingerprint density at radius 2 is 1.84 bits per heavy atom. The standard InChI is InChI=1S/C30H34N6O2/c31-29(38)26-16-9-15-25(21-18-32-33-19-21)28(26)30-35-23(20-36(30)24-13-5-2-6-14-24)12-7-8-17-27(37)34-22-10-3-1-4-11-22/h2,5-6,9,13-16,18-20,22H,1,3-4,7-8,10-12,17H2,(H2,31,38)(H,32,33)(H,34,37). The van der Waals surface area contributed by atoms with E-state index < -0.39 is 5.91 Å². The molecule has 0 bridgehead atoms. The van der Waals surface area contributed by atoms with Gasteiger partial charge < -0.3 is 11.1 Å². The zero-order chi connectivity index (χ0) is 26.3. The molecular weight excluding hydrogens is 476 g/mol. The van der Waals surface area contributed by atoms with E-state index in [4.69, 9.17) is 10.7 Å². The number of para-hydroxylation sites is 1. The molecule has 4 aromatic rings. The Kier molecular flexibility index (Phi) is 7.97. The number of rotatable bonds is 10. The second-order valence-corrected chi connectivity index (χ2v) is 9.95. The molecule has 0 spiro atoms. The smallest absolute Gasteiger partial charge is 0.249 e. The predicted molar refractivity (Wildman–Crippen MR) is 148 cm³/mol. The van der Waals surface area contributed by atoms with E-state index in [9.17, 15) is 9.59 Å². The molecule has 196 valence electrons. The second kappa shape index (κ2) is 11.9. The number of benzene rings is 2. The number of amides is 2. The Morgan fingerprint density at radius 3 is 2.58 bits per heavy atom. The van der Waals surface area contributed by atoms with Gasteiger partial charge in [-0.1, -0.05) is 49.6 Å². The first kappa shape index (κ1) is 25.4. The third-order valence-electron chi connectivity index (χ3n) is 7.21. The van der Waals surface area contributed by atoms with Gasteiger partial charge in [-0.3, -0.25) is 19.3 Å². The molecule has 5 rings (SSSR count). The maximum Gasteiger partial charge on any atom is 0.249 e. The molecule has 8 nitrogen and oxygen atoms in total. The van der Waals surface area contributed by atoms with Gasteiger partial charge in [0.2, 0.25) is 11.8 Å². The molecule has 0 atom stereocenters. The number of aromatic nitrogens is 4. The summed E-state index contributed by atoms with van der Waals surface area (Å²) in [7, 11) is 0. The lowest BCUT2D eigenvalue weighted by atomic mass is 9.95. The number of aryl methyl sites for hydroxylation is 1. The van der Waals surface area contributed by atoms with Crippen molar-refractivity contribution in [2.75, 3.05) is 0 Å². The molecule has 2 heterocycles. The number of unbranched alkanes of at least 4 members (excludes halogenated alkanes) is 1. The number of nitrogens with one attached hydrogen (secondary N) is 2. The van der Waals surface area contributed by atoms with Gasteiger partial charge in [0, 0.05) is 41.7 Å². The van der Waals surface area contributed by atoms with Crippen molar-refractivity contribution in [2.45, 2.75) is 63.8 Å². The maximum absolute atomic E-state index is 12.5. The predicted octanol–water partition coefficient (Wildman–Crippen LogP) is 5.19. The highest BCUT2D eigenvalue weighted by molar-refractivity contribution is 6.03. The van der Waals surface area contributed by atoms with Crippen LogP contribution in [0, 0.1) is 0 Å². The number of hydrogen-bond donors (Lipinski definition) is 3. The molecule has 0 aliphatic heterocycles. The van der Waals surface area contributed by atoms with Crippen molar-refractivity contribution in [3.8, 4) is 28.2 Å². The number of primary amides is 1. The molecule has 1 saturated carbocycles. The molecule has 2 amide bonds. The van der Waals surface area contributed by atoms with Crippen molar-refractivity contribution in [3.63, 3.8) is 0 Å². The van der Waals surface area contributed by atoms with Crippen molar-refractivity contribution in [3.05, 3.63) is 78.4 Å². The van der Waals surface area contributed by atoms with Crippen molar-refractivity contribution < 1.29 is 9.59 Å². The number of nitrogens with zero attached hydrogens (tertiary/aromatic N) is 3. The minimum absolute atomic E-state index is 0.146. The number of aromatic amines is 1. The van der Waals surface area contributed by atoms with E-state index in [1.807, 2.05) is 53.2 Å². The van der Waals surface area contributed by atoms with Gasteiger partial charge in [-0.05, 0) is 55.9 Å². The number of H-pyrrole nitrogens is 1. The normalized spacial score (nSPS) is 13.9. The molecule has 1 fully saturated rings. The first-order chi connectivity index (χ1) is 18.6. The summed E-state index contributed by atoms with van der Waals surface area (Å²) in [5.74, 6) is 0.276. The third kappa shape index (κ3) is 5.85.